The second-order valence-electron chi connectivity index (χ2n) is 7.81. The Balaban J connectivity index is 1.71. The lowest BCUT2D eigenvalue weighted by atomic mass is 9.94. The highest BCUT2D eigenvalue weighted by atomic mass is 31.2. The van der Waals surface area contributed by atoms with Crippen molar-refractivity contribution in [2.24, 2.45) is 5.92 Å². The van der Waals surface area contributed by atoms with Gasteiger partial charge in [0.2, 0.25) is 0 Å². The fourth-order valence-electron chi connectivity index (χ4n) is 3.97. The van der Waals surface area contributed by atoms with Crippen molar-refractivity contribution in [2.75, 3.05) is 0 Å². The van der Waals surface area contributed by atoms with E-state index >= 15 is 0 Å². The molecular weight excluding hydrogens is 343 g/mol. The van der Waals surface area contributed by atoms with Crippen LogP contribution in [0.1, 0.15) is 88.2 Å². The van der Waals surface area contributed by atoms with E-state index in [1.54, 1.807) is 6.08 Å². The van der Waals surface area contributed by atoms with Crippen LogP contribution in [-0.2, 0) is 11.0 Å². The van der Waals surface area contributed by atoms with E-state index in [1.807, 2.05) is 0 Å². The van der Waals surface area contributed by atoms with Gasteiger partial charge in [0, 0.05) is 5.82 Å². The number of aryl methyl sites for hydroxylation is 1. The van der Waals surface area contributed by atoms with Crippen LogP contribution in [0.25, 0.3) is 0 Å². The summed E-state index contributed by atoms with van der Waals surface area (Å²) in [7, 11) is -4.02. The molecule has 0 saturated heterocycles. The average molecular weight is 378 g/mol. The van der Waals surface area contributed by atoms with E-state index in [4.69, 9.17) is 9.79 Å². The summed E-state index contributed by atoms with van der Waals surface area (Å²) in [4.78, 5) is 17.9. The van der Waals surface area contributed by atoms with Crippen LogP contribution in [0.3, 0.4) is 0 Å². The maximum absolute atomic E-state index is 11.0. The number of hydrogen-bond acceptors (Lipinski definition) is 1. The molecule has 0 bridgehead atoms. The normalized spacial score (nSPS) is 20.9. The van der Waals surface area contributed by atoms with Gasteiger partial charge in [0.1, 0.15) is 0 Å². The maximum atomic E-state index is 11.0. The zero-order valence-electron chi connectivity index (χ0n) is 16.1. The Bertz CT molecular complexity index is 588. The zero-order chi connectivity index (χ0) is 18.8. The van der Waals surface area contributed by atoms with Gasteiger partial charge in [-0.05, 0) is 55.1 Å². The summed E-state index contributed by atoms with van der Waals surface area (Å²) < 4.78 is 11.0. The first-order valence-corrected chi connectivity index (χ1v) is 12.0. The molecule has 0 amide bonds. The van der Waals surface area contributed by atoms with Crippen molar-refractivity contribution >= 4 is 7.60 Å². The Morgan fingerprint density at radius 2 is 1.65 bits per heavy atom. The quantitative estimate of drug-likeness (QED) is 0.339. The van der Waals surface area contributed by atoms with Gasteiger partial charge in [0.25, 0.3) is 0 Å². The number of rotatable bonds is 11. The predicted octanol–water partition coefficient (Wildman–Crippen LogP) is 6.55. The Labute approximate surface area is 159 Å². The number of unbranched alkanes of at least 4 members (excludes halogenated alkanes) is 6. The predicted molar refractivity (Wildman–Crippen MR) is 109 cm³/mol. The minimum absolute atomic E-state index is 0.292. The van der Waals surface area contributed by atoms with Crippen LogP contribution in [0, 0.1) is 5.92 Å². The topological polar surface area (TPSA) is 57.5 Å². The molecule has 4 heteroatoms. The second-order valence-corrected chi connectivity index (χ2v) is 9.29. The molecule has 1 aliphatic carbocycles. The van der Waals surface area contributed by atoms with Crippen LogP contribution in [-0.4, -0.2) is 9.79 Å². The lowest BCUT2D eigenvalue weighted by molar-refractivity contribution is 0.385. The molecule has 2 N–H and O–H groups in total. The van der Waals surface area contributed by atoms with Gasteiger partial charge in [-0.1, -0.05) is 75.8 Å². The third kappa shape index (κ3) is 8.20. The minimum Gasteiger partial charge on any atom is -0.321 e. The standard InChI is InChI=1S/C22H35O3P/c1-2-3-4-5-6-7-8-9-19-10-13-21(14-11-19)22-15-12-20(18-22)16-17-26(23,24)25/h10-11,13-14,16-17,20,22H,2-9,12,15,18H2,1H3,(H2,23,24,25)/b17-16+/t20?,22-/m0/s1. The highest BCUT2D eigenvalue weighted by molar-refractivity contribution is 7.55. The maximum Gasteiger partial charge on any atom is 0.348 e. The molecule has 26 heavy (non-hydrogen) atoms. The van der Waals surface area contributed by atoms with Gasteiger partial charge in [0.15, 0.2) is 0 Å². The Kier molecular flexibility index (Phi) is 9.11. The molecule has 1 fully saturated rings. The monoisotopic (exact) mass is 378 g/mol. The van der Waals surface area contributed by atoms with Crippen molar-refractivity contribution in [3.63, 3.8) is 0 Å². The van der Waals surface area contributed by atoms with Gasteiger partial charge in [-0.3, -0.25) is 4.57 Å². The average Bonchev–Trinajstić information content (AvgIpc) is 3.08. The number of allylic oxidation sites excluding steroid dienone is 1. The molecule has 3 nitrogen and oxygen atoms in total. The van der Waals surface area contributed by atoms with Crippen LogP contribution < -0.4 is 0 Å². The third-order valence-electron chi connectivity index (χ3n) is 5.55. The van der Waals surface area contributed by atoms with Gasteiger partial charge in [-0.25, -0.2) is 0 Å². The molecular formula is C22H35O3P. The summed E-state index contributed by atoms with van der Waals surface area (Å²) >= 11 is 0. The molecule has 1 saturated carbocycles. The van der Waals surface area contributed by atoms with Gasteiger partial charge < -0.3 is 9.79 Å². The van der Waals surface area contributed by atoms with Crippen LogP contribution in [0.5, 0.6) is 0 Å². The smallest absolute Gasteiger partial charge is 0.321 e. The number of hydrogen-bond donors (Lipinski definition) is 2. The van der Waals surface area contributed by atoms with Gasteiger partial charge in [-0.15, -0.1) is 0 Å². The van der Waals surface area contributed by atoms with Crippen LogP contribution in [0.2, 0.25) is 0 Å². The van der Waals surface area contributed by atoms with Crippen molar-refractivity contribution < 1.29 is 14.4 Å². The van der Waals surface area contributed by atoms with E-state index in [-0.39, 0.29) is 0 Å². The van der Waals surface area contributed by atoms with E-state index in [2.05, 4.69) is 31.2 Å². The summed E-state index contributed by atoms with van der Waals surface area (Å²) in [5.74, 6) is 1.89. The summed E-state index contributed by atoms with van der Waals surface area (Å²) in [5, 5.41) is 0. The highest BCUT2D eigenvalue weighted by Crippen LogP contribution is 2.42. The Hall–Kier alpha value is -0.890. The molecule has 0 aromatic heterocycles. The third-order valence-corrected chi connectivity index (χ3v) is 6.11. The van der Waals surface area contributed by atoms with Crippen molar-refractivity contribution in [1.29, 1.82) is 0 Å². The molecule has 0 radical (unpaired) electrons. The first-order chi connectivity index (χ1) is 12.5. The van der Waals surface area contributed by atoms with E-state index in [0.29, 0.717) is 11.8 Å². The fraction of sp³-hybridized carbons (Fsp3) is 0.636. The number of benzene rings is 1. The van der Waals surface area contributed by atoms with Gasteiger partial charge in [0.05, 0.1) is 0 Å². The van der Waals surface area contributed by atoms with Crippen molar-refractivity contribution in [3.8, 4) is 0 Å². The summed E-state index contributed by atoms with van der Waals surface area (Å²) in [6, 6.07) is 9.06. The molecule has 1 aliphatic rings. The van der Waals surface area contributed by atoms with Crippen molar-refractivity contribution in [3.05, 3.63) is 47.3 Å². The summed E-state index contributed by atoms with van der Waals surface area (Å²) in [5.41, 5.74) is 2.80. The van der Waals surface area contributed by atoms with Crippen molar-refractivity contribution in [2.45, 2.75) is 83.5 Å². The van der Waals surface area contributed by atoms with E-state index < -0.39 is 7.60 Å². The SMILES string of the molecule is CCCCCCCCCc1ccc([C@H]2CCC(/C=C/P(=O)(O)O)C2)cc1. The molecule has 1 aromatic carbocycles. The molecule has 0 aliphatic heterocycles. The Morgan fingerprint density at radius 3 is 2.31 bits per heavy atom. The second kappa shape index (κ2) is 11.1. The lowest BCUT2D eigenvalue weighted by Gasteiger charge is -2.11. The molecule has 2 atom stereocenters. The molecule has 0 spiro atoms. The molecule has 1 aromatic rings. The summed E-state index contributed by atoms with van der Waals surface area (Å²) in [6.07, 6.45) is 15.4. The van der Waals surface area contributed by atoms with E-state index in [1.165, 1.54) is 62.5 Å². The lowest BCUT2D eigenvalue weighted by Crippen LogP contribution is -1.95. The van der Waals surface area contributed by atoms with Gasteiger partial charge >= 0.3 is 7.60 Å². The van der Waals surface area contributed by atoms with E-state index in [9.17, 15) is 4.57 Å². The Morgan fingerprint density at radius 1 is 1.00 bits per heavy atom. The van der Waals surface area contributed by atoms with Crippen LogP contribution >= 0.6 is 7.60 Å². The highest BCUT2D eigenvalue weighted by Gasteiger charge is 2.24. The largest absolute Gasteiger partial charge is 0.348 e. The minimum atomic E-state index is -4.02. The van der Waals surface area contributed by atoms with Gasteiger partial charge in [-0.2, -0.15) is 0 Å². The molecule has 1 unspecified atom stereocenters. The zero-order valence-corrected chi connectivity index (χ0v) is 17.0. The van der Waals surface area contributed by atoms with Crippen LogP contribution in [0.4, 0.5) is 0 Å². The molecule has 146 valence electrons. The molecule has 0 heterocycles. The van der Waals surface area contributed by atoms with E-state index in [0.717, 1.165) is 25.1 Å². The van der Waals surface area contributed by atoms with Crippen molar-refractivity contribution in [1.82, 2.24) is 0 Å². The van der Waals surface area contributed by atoms with Crippen LogP contribution in [0.15, 0.2) is 36.2 Å². The molecule has 2 rings (SSSR count). The summed E-state index contributed by atoms with van der Waals surface area (Å²) in [6.45, 7) is 2.26. The first kappa shape index (κ1) is 21.4. The fourth-order valence-corrected chi connectivity index (χ4v) is 4.44. The first-order valence-electron chi connectivity index (χ1n) is 10.3.